The summed E-state index contributed by atoms with van der Waals surface area (Å²) in [5.41, 5.74) is 4.79. The summed E-state index contributed by atoms with van der Waals surface area (Å²) in [6.45, 7) is 5.98. The number of aromatic nitrogens is 2. The summed E-state index contributed by atoms with van der Waals surface area (Å²) in [7, 11) is 0. The zero-order valence-electron chi connectivity index (χ0n) is 13.7. The van der Waals surface area contributed by atoms with Gasteiger partial charge >= 0.3 is 6.01 Å². The summed E-state index contributed by atoms with van der Waals surface area (Å²) in [6, 6.07) is 0.110. The molecule has 2 saturated heterocycles. The first-order chi connectivity index (χ1) is 11.0. The Hall–Kier alpha value is -1.18. The number of rotatable bonds is 3. The van der Waals surface area contributed by atoms with Gasteiger partial charge in [-0.05, 0) is 31.6 Å². The molecule has 4 rings (SSSR count). The van der Waals surface area contributed by atoms with Crippen molar-refractivity contribution >= 4 is 6.01 Å². The van der Waals surface area contributed by atoms with Crippen LogP contribution >= 0.6 is 0 Å². The summed E-state index contributed by atoms with van der Waals surface area (Å²) in [5.74, 6) is 1.65. The average Bonchev–Trinajstić information content (AvgIpc) is 3.16. The van der Waals surface area contributed by atoms with E-state index in [1.54, 1.807) is 0 Å². The van der Waals surface area contributed by atoms with Crippen LogP contribution in [0.4, 0.5) is 6.01 Å². The van der Waals surface area contributed by atoms with Crippen molar-refractivity contribution in [1.29, 1.82) is 0 Å². The summed E-state index contributed by atoms with van der Waals surface area (Å²) in [5, 5.41) is 18.9. The van der Waals surface area contributed by atoms with E-state index in [2.05, 4.69) is 22.0 Å². The number of anilines is 1. The molecular formula is C16H26N4O3. The molecule has 3 heterocycles. The van der Waals surface area contributed by atoms with E-state index in [1.165, 1.54) is 0 Å². The minimum Gasteiger partial charge on any atom is -0.408 e. The molecule has 128 valence electrons. The molecule has 1 aromatic rings. The molecule has 7 nitrogen and oxygen atoms in total. The number of β-amino-alcohol motifs (C(OH)–C–C–N with tert-alkyl or cyclic N) is 1. The quantitative estimate of drug-likeness (QED) is 0.849. The van der Waals surface area contributed by atoms with Crippen molar-refractivity contribution in [3.05, 3.63) is 5.89 Å². The zero-order valence-corrected chi connectivity index (χ0v) is 13.7. The van der Waals surface area contributed by atoms with Crippen molar-refractivity contribution in [2.75, 3.05) is 38.6 Å². The fourth-order valence-electron chi connectivity index (χ4n) is 4.57. The third-order valence-corrected chi connectivity index (χ3v) is 6.03. The van der Waals surface area contributed by atoms with Gasteiger partial charge in [-0.15, -0.1) is 5.10 Å². The predicted molar refractivity (Wildman–Crippen MR) is 83.7 cm³/mol. The summed E-state index contributed by atoms with van der Waals surface area (Å²) < 4.78 is 11.2. The molecular weight excluding hydrogens is 296 g/mol. The standard InChI is InChI=1S/C16H26N4O3/c1-11-2-4-15(21,5-3-11)8-20-6-12-7-22-10-16(12,9-20)13-18-19-14(17)23-13/h11-12,21H,2-10H2,1H3,(H2,17,19)/t11?,12-,15?,16-/m0/s1. The zero-order chi connectivity index (χ0) is 16.1. The monoisotopic (exact) mass is 322 g/mol. The topological polar surface area (TPSA) is 97.6 Å². The number of nitrogens with two attached hydrogens (primary N) is 1. The number of ether oxygens (including phenoxy) is 1. The van der Waals surface area contributed by atoms with E-state index in [0.717, 1.165) is 51.2 Å². The van der Waals surface area contributed by atoms with Gasteiger partial charge < -0.3 is 20.0 Å². The van der Waals surface area contributed by atoms with Crippen LogP contribution in [0, 0.1) is 11.8 Å². The fraction of sp³-hybridized carbons (Fsp3) is 0.875. The molecule has 0 radical (unpaired) electrons. The Morgan fingerprint density at radius 2 is 2.13 bits per heavy atom. The lowest BCUT2D eigenvalue weighted by Gasteiger charge is -2.38. The number of nitrogen functional groups attached to an aromatic ring is 1. The Balaban J connectivity index is 1.49. The predicted octanol–water partition coefficient (Wildman–Crippen LogP) is 0.793. The first-order valence-corrected chi connectivity index (χ1v) is 8.61. The van der Waals surface area contributed by atoms with Gasteiger partial charge in [-0.2, -0.15) is 0 Å². The van der Waals surface area contributed by atoms with Crippen LogP contribution in [0.25, 0.3) is 0 Å². The third-order valence-electron chi connectivity index (χ3n) is 6.03. The van der Waals surface area contributed by atoms with Gasteiger partial charge in [0.2, 0.25) is 5.89 Å². The number of hydrogen-bond acceptors (Lipinski definition) is 7. The van der Waals surface area contributed by atoms with Gasteiger partial charge in [0.25, 0.3) is 0 Å². The van der Waals surface area contributed by atoms with Crippen molar-refractivity contribution in [1.82, 2.24) is 15.1 Å². The van der Waals surface area contributed by atoms with E-state index in [1.807, 2.05) is 0 Å². The van der Waals surface area contributed by atoms with Gasteiger partial charge in [0.1, 0.15) is 0 Å². The smallest absolute Gasteiger partial charge is 0.312 e. The maximum absolute atomic E-state index is 10.9. The minimum atomic E-state index is -0.554. The Labute approximate surface area is 136 Å². The van der Waals surface area contributed by atoms with Crippen molar-refractivity contribution in [2.45, 2.75) is 43.6 Å². The second-order valence-electron chi connectivity index (χ2n) is 7.89. The molecule has 2 atom stereocenters. The molecule has 0 bridgehead atoms. The van der Waals surface area contributed by atoms with Gasteiger partial charge in [0.05, 0.1) is 24.2 Å². The van der Waals surface area contributed by atoms with Crippen LogP contribution in [-0.4, -0.2) is 58.7 Å². The van der Waals surface area contributed by atoms with Crippen LogP contribution in [0.5, 0.6) is 0 Å². The van der Waals surface area contributed by atoms with Crippen LogP contribution in [0.15, 0.2) is 4.42 Å². The number of fused-ring (bicyclic) bond motifs is 1. The molecule has 1 saturated carbocycles. The molecule has 3 fully saturated rings. The molecule has 1 aliphatic carbocycles. The van der Waals surface area contributed by atoms with Gasteiger partial charge in [-0.3, -0.25) is 4.90 Å². The molecule has 1 aromatic heterocycles. The maximum atomic E-state index is 10.9. The normalized spacial score (nSPS) is 41.3. The summed E-state index contributed by atoms with van der Waals surface area (Å²) in [4.78, 5) is 2.35. The Morgan fingerprint density at radius 1 is 1.35 bits per heavy atom. The largest absolute Gasteiger partial charge is 0.408 e. The van der Waals surface area contributed by atoms with Crippen molar-refractivity contribution < 1.29 is 14.3 Å². The highest BCUT2D eigenvalue weighted by atomic mass is 16.5. The Kier molecular flexibility index (Phi) is 3.62. The highest BCUT2D eigenvalue weighted by molar-refractivity contribution is 5.19. The average molecular weight is 322 g/mol. The van der Waals surface area contributed by atoms with Crippen LogP contribution in [0.1, 0.15) is 38.5 Å². The first kappa shape index (κ1) is 15.4. The lowest BCUT2D eigenvalue weighted by atomic mass is 9.79. The number of hydrogen-bond donors (Lipinski definition) is 2. The summed E-state index contributed by atoms with van der Waals surface area (Å²) >= 11 is 0. The molecule has 2 aliphatic heterocycles. The van der Waals surface area contributed by atoms with Crippen molar-refractivity contribution in [2.24, 2.45) is 11.8 Å². The van der Waals surface area contributed by atoms with Gasteiger partial charge in [0.15, 0.2) is 0 Å². The number of likely N-dealkylation sites (tertiary alicyclic amines) is 1. The molecule has 23 heavy (non-hydrogen) atoms. The number of nitrogens with zero attached hydrogens (tertiary/aromatic N) is 3. The highest BCUT2D eigenvalue weighted by Crippen LogP contribution is 2.44. The molecule has 7 heteroatoms. The first-order valence-electron chi connectivity index (χ1n) is 8.61. The second-order valence-corrected chi connectivity index (χ2v) is 7.89. The van der Waals surface area contributed by atoms with E-state index in [0.29, 0.717) is 25.0 Å². The molecule has 3 N–H and O–H groups in total. The van der Waals surface area contributed by atoms with E-state index in [4.69, 9.17) is 14.9 Å². The van der Waals surface area contributed by atoms with E-state index >= 15 is 0 Å². The van der Waals surface area contributed by atoms with Crippen molar-refractivity contribution in [3.8, 4) is 0 Å². The minimum absolute atomic E-state index is 0.110. The Morgan fingerprint density at radius 3 is 2.83 bits per heavy atom. The van der Waals surface area contributed by atoms with Crippen LogP contribution < -0.4 is 5.73 Å². The molecule has 0 spiro atoms. The van der Waals surface area contributed by atoms with Gasteiger partial charge in [0, 0.05) is 25.6 Å². The van der Waals surface area contributed by atoms with Gasteiger partial charge in [-0.25, -0.2) is 0 Å². The third kappa shape index (κ3) is 2.64. The Bertz CT molecular complexity index is 569. The molecule has 3 aliphatic rings. The van der Waals surface area contributed by atoms with E-state index in [-0.39, 0.29) is 11.4 Å². The van der Waals surface area contributed by atoms with Crippen LogP contribution in [0.2, 0.25) is 0 Å². The lowest BCUT2D eigenvalue weighted by molar-refractivity contribution is -0.0341. The van der Waals surface area contributed by atoms with Crippen molar-refractivity contribution in [3.63, 3.8) is 0 Å². The van der Waals surface area contributed by atoms with E-state index in [9.17, 15) is 5.11 Å². The second kappa shape index (κ2) is 5.43. The van der Waals surface area contributed by atoms with Crippen LogP contribution in [0.3, 0.4) is 0 Å². The SMILES string of the molecule is CC1CCC(O)(CN2C[C@H]3COC[C@@]3(c3nnc(N)o3)C2)CC1. The van der Waals surface area contributed by atoms with Gasteiger partial charge in [-0.1, -0.05) is 12.0 Å². The van der Waals surface area contributed by atoms with E-state index < -0.39 is 5.60 Å². The summed E-state index contributed by atoms with van der Waals surface area (Å²) in [6.07, 6.45) is 4.02. The fourth-order valence-corrected chi connectivity index (χ4v) is 4.57. The van der Waals surface area contributed by atoms with Crippen LogP contribution in [-0.2, 0) is 10.2 Å². The molecule has 0 unspecified atom stereocenters. The molecule has 0 aromatic carbocycles. The highest BCUT2D eigenvalue weighted by Gasteiger charge is 2.56. The number of aliphatic hydroxyl groups is 1. The lowest BCUT2D eigenvalue weighted by Crippen LogP contribution is -2.46. The molecule has 0 amide bonds. The maximum Gasteiger partial charge on any atom is 0.312 e.